The number of aromatic carboxylic acids is 1. The lowest BCUT2D eigenvalue weighted by Crippen LogP contribution is -1.95. The van der Waals surface area contributed by atoms with Gasteiger partial charge in [0.25, 0.3) is 0 Å². The highest BCUT2D eigenvalue weighted by Crippen LogP contribution is 2.32. The summed E-state index contributed by atoms with van der Waals surface area (Å²) in [4.78, 5) is 12.9. The van der Waals surface area contributed by atoms with Gasteiger partial charge in [-0.25, -0.2) is 4.79 Å². The summed E-state index contributed by atoms with van der Waals surface area (Å²) >= 11 is 5.87. The number of aryl methyl sites for hydroxylation is 1. The van der Waals surface area contributed by atoms with Crippen LogP contribution in [0.3, 0.4) is 0 Å². The maximum atomic E-state index is 10.9. The molecule has 0 unspecified atom stereocenters. The second-order valence-corrected chi connectivity index (χ2v) is 4.78. The molecule has 0 aliphatic carbocycles. The molecular weight excluding hydrogens is 216 g/mol. The Kier molecular flexibility index (Phi) is 2.25. The first-order valence-electron chi connectivity index (χ1n) is 4.05. The number of hydrogen-bond acceptors (Lipinski definition) is 3. The molecule has 0 spiro atoms. The number of carboxylic acids is 1. The summed E-state index contributed by atoms with van der Waals surface area (Å²) in [5.74, 6) is -0.888. The normalized spacial score (nSPS) is 10.7. The van der Waals surface area contributed by atoms with E-state index in [9.17, 15) is 4.79 Å². The molecule has 0 aliphatic heterocycles. The lowest BCUT2D eigenvalue weighted by atomic mass is 10.1. The molecule has 72 valence electrons. The molecule has 1 N–H and O–H groups in total. The van der Waals surface area contributed by atoms with Gasteiger partial charge in [-0.1, -0.05) is 0 Å². The van der Waals surface area contributed by atoms with Crippen molar-refractivity contribution in [2.24, 2.45) is 0 Å². The van der Waals surface area contributed by atoms with Crippen molar-refractivity contribution in [3.63, 3.8) is 0 Å². The van der Waals surface area contributed by atoms with Crippen LogP contribution in [0.2, 0.25) is 0 Å². The maximum absolute atomic E-state index is 10.9. The van der Waals surface area contributed by atoms with E-state index in [0.717, 1.165) is 19.9 Å². The van der Waals surface area contributed by atoms with E-state index in [1.54, 1.807) is 23.5 Å². The third-order valence-electron chi connectivity index (χ3n) is 2.02. The lowest BCUT2D eigenvalue weighted by Gasteiger charge is -1.98. The number of carbonyl (C=O) groups is 1. The summed E-state index contributed by atoms with van der Waals surface area (Å²) in [6.45, 7) is 1.96. The summed E-state index contributed by atoms with van der Waals surface area (Å²) in [5, 5.41) is 9.75. The van der Waals surface area contributed by atoms with E-state index in [1.165, 1.54) is 0 Å². The van der Waals surface area contributed by atoms with Crippen molar-refractivity contribution in [3.05, 3.63) is 28.6 Å². The number of benzene rings is 1. The standard InChI is InChI=1S/C10H8O2S2/c1-5-4-7-6(10(11)12)2-3-8(13)9(7)14-5/h2-4,13H,1H3,(H,11,12). The van der Waals surface area contributed by atoms with Crippen molar-refractivity contribution >= 4 is 40.0 Å². The Morgan fingerprint density at radius 2 is 2.21 bits per heavy atom. The van der Waals surface area contributed by atoms with E-state index in [1.807, 2.05) is 13.0 Å². The van der Waals surface area contributed by atoms with Gasteiger partial charge >= 0.3 is 5.97 Å². The van der Waals surface area contributed by atoms with Crippen molar-refractivity contribution in [2.45, 2.75) is 11.8 Å². The van der Waals surface area contributed by atoms with Gasteiger partial charge < -0.3 is 5.11 Å². The Balaban J connectivity index is 2.87. The van der Waals surface area contributed by atoms with E-state index >= 15 is 0 Å². The smallest absolute Gasteiger partial charge is 0.336 e. The lowest BCUT2D eigenvalue weighted by molar-refractivity contribution is 0.0699. The average Bonchev–Trinajstić information content (AvgIpc) is 2.47. The zero-order chi connectivity index (χ0) is 10.3. The predicted octanol–water partition coefficient (Wildman–Crippen LogP) is 3.20. The molecule has 4 heteroatoms. The predicted molar refractivity (Wildman–Crippen MR) is 60.8 cm³/mol. The Morgan fingerprint density at radius 3 is 2.86 bits per heavy atom. The summed E-state index contributed by atoms with van der Waals surface area (Å²) < 4.78 is 0.950. The van der Waals surface area contributed by atoms with Crippen molar-refractivity contribution in [1.29, 1.82) is 0 Å². The number of thiophene rings is 1. The number of thiol groups is 1. The van der Waals surface area contributed by atoms with E-state index in [2.05, 4.69) is 12.6 Å². The highest BCUT2D eigenvalue weighted by Gasteiger charge is 2.11. The molecule has 2 aromatic rings. The summed E-state index contributed by atoms with van der Waals surface area (Å²) in [6.07, 6.45) is 0. The first kappa shape index (κ1) is 9.55. The summed E-state index contributed by atoms with van der Waals surface area (Å²) in [7, 11) is 0. The van der Waals surface area contributed by atoms with E-state index in [-0.39, 0.29) is 0 Å². The van der Waals surface area contributed by atoms with Crippen LogP contribution < -0.4 is 0 Å². The minimum atomic E-state index is -0.888. The molecule has 1 aromatic carbocycles. The van der Waals surface area contributed by atoms with Crippen LogP contribution in [-0.2, 0) is 0 Å². The zero-order valence-corrected chi connectivity index (χ0v) is 9.15. The topological polar surface area (TPSA) is 37.3 Å². The molecular formula is C10H8O2S2. The molecule has 0 amide bonds. The molecule has 0 fully saturated rings. The monoisotopic (exact) mass is 224 g/mol. The first-order valence-corrected chi connectivity index (χ1v) is 5.31. The summed E-state index contributed by atoms with van der Waals surface area (Å²) in [5.41, 5.74) is 0.349. The van der Waals surface area contributed by atoms with E-state index in [4.69, 9.17) is 5.11 Å². The van der Waals surface area contributed by atoms with Gasteiger partial charge in [-0.3, -0.25) is 0 Å². The number of fused-ring (bicyclic) bond motifs is 1. The Bertz CT molecular complexity index is 514. The van der Waals surface area contributed by atoms with E-state index < -0.39 is 5.97 Å². The molecule has 0 saturated carbocycles. The third kappa shape index (κ3) is 1.40. The van der Waals surface area contributed by atoms with E-state index in [0.29, 0.717) is 5.56 Å². The van der Waals surface area contributed by atoms with Crippen LogP contribution in [0.15, 0.2) is 23.1 Å². The molecule has 0 aliphatic rings. The molecule has 2 nitrogen and oxygen atoms in total. The van der Waals surface area contributed by atoms with Gasteiger partial charge in [-0.2, -0.15) is 0 Å². The maximum Gasteiger partial charge on any atom is 0.336 e. The largest absolute Gasteiger partial charge is 0.478 e. The van der Waals surface area contributed by atoms with Gasteiger partial charge in [0.15, 0.2) is 0 Å². The van der Waals surface area contributed by atoms with Gasteiger partial charge in [-0.05, 0) is 25.1 Å². The number of hydrogen-bond donors (Lipinski definition) is 2. The second kappa shape index (κ2) is 3.29. The first-order chi connectivity index (χ1) is 6.59. The molecule has 1 heterocycles. The van der Waals surface area contributed by atoms with Crippen molar-refractivity contribution in [2.75, 3.05) is 0 Å². The summed E-state index contributed by atoms with van der Waals surface area (Å²) in [6, 6.07) is 5.22. The molecule has 0 atom stereocenters. The van der Waals surface area contributed by atoms with Crippen molar-refractivity contribution in [1.82, 2.24) is 0 Å². The molecule has 0 saturated heterocycles. The van der Waals surface area contributed by atoms with Gasteiger partial charge in [-0.15, -0.1) is 24.0 Å². The fourth-order valence-corrected chi connectivity index (χ4v) is 2.70. The molecule has 2 rings (SSSR count). The fraction of sp³-hybridized carbons (Fsp3) is 0.100. The Labute approximate surface area is 90.6 Å². The van der Waals surface area contributed by atoms with Gasteiger partial charge in [0.2, 0.25) is 0 Å². The van der Waals surface area contributed by atoms with Crippen molar-refractivity contribution < 1.29 is 9.90 Å². The molecule has 1 aromatic heterocycles. The minimum absolute atomic E-state index is 0.349. The Morgan fingerprint density at radius 1 is 1.50 bits per heavy atom. The number of rotatable bonds is 1. The highest BCUT2D eigenvalue weighted by atomic mass is 32.1. The van der Waals surface area contributed by atoms with Gasteiger partial charge in [0.1, 0.15) is 0 Å². The van der Waals surface area contributed by atoms with Gasteiger partial charge in [0.05, 0.1) is 5.56 Å². The zero-order valence-electron chi connectivity index (χ0n) is 7.44. The minimum Gasteiger partial charge on any atom is -0.478 e. The Hall–Kier alpha value is -1.000. The van der Waals surface area contributed by atoms with Crippen LogP contribution in [-0.4, -0.2) is 11.1 Å². The highest BCUT2D eigenvalue weighted by molar-refractivity contribution is 7.80. The molecule has 0 radical (unpaired) electrons. The fourth-order valence-electron chi connectivity index (χ4n) is 1.42. The molecule has 14 heavy (non-hydrogen) atoms. The van der Waals surface area contributed by atoms with Crippen LogP contribution in [0.25, 0.3) is 10.1 Å². The third-order valence-corrected chi connectivity index (χ3v) is 3.62. The van der Waals surface area contributed by atoms with Crippen LogP contribution in [0.1, 0.15) is 15.2 Å². The van der Waals surface area contributed by atoms with Crippen LogP contribution in [0.4, 0.5) is 0 Å². The van der Waals surface area contributed by atoms with Crippen LogP contribution >= 0.6 is 24.0 Å². The SMILES string of the molecule is Cc1cc2c(C(=O)O)ccc(S)c2s1. The number of carboxylic acid groups (broad SMARTS) is 1. The van der Waals surface area contributed by atoms with Gasteiger partial charge in [0, 0.05) is 19.9 Å². The quantitative estimate of drug-likeness (QED) is 0.730. The van der Waals surface area contributed by atoms with Crippen LogP contribution in [0.5, 0.6) is 0 Å². The average molecular weight is 224 g/mol. The van der Waals surface area contributed by atoms with Crippen LogP contribution in [0, 0.1) is 6.92 Å². The molecule has 0 bridgehead atoms. The van der Waals surface area contributed by atoms with Crippen molar-refractivity contribution in [3.8, 4) is 0 Å². The second-order valence-electron chi connectivity index (χ2n) is 3.04.